The zero-order valence-corrected chi connectivity index (χ0v) is 15.1. The second-order valence-electron chi connectivity index (χ2n) is 6.02. The van der Waals surface area contributed by atoms with Gasteiger partial charge in [-0.1, -0.05) is 23.7 Å². The van der Waals surface area contributed by atoms with Crippen LogP contribution in [0.4, 0.5) is 0 Å². The Morgan fingerprint density at radius 1 is 1.19 bits per heavy atom. The Morgan fingerprint density at radius 3 is 2.52 bits per heavy atom. The molecule has 1 aliphatic heterocycles. The van der Waals surface area contributed by atoms with Crippen molar-refractivity contribution in [2.24, 2.45) is 5.73 Å². The summed E-state index contributed by atoms with van der Waals surface area (Å²) in [5.74, 6) is 0.751. The molecule has 6 nitrogen and oxygen atoms in total. The van der Waals surface area contributed by atoms with Gasteiger partial charge in [-0.3, -0.25) is 5.10 Å². The Labute approximate surface area is 160 Å². The highest BCUT2D eigenvalue weighted by Gasteiger charge is 2.35. The Kier molecular flexibility index (Phi) is 4.22. The lowest BCUT2D eigenvalue weighted by atomic mass is 9.83. The molecule has 0 saturated carbocycles. The van der Waals surface area contributed by atoms with E-state index < -0.39 is 5.92 Å². The molecule has 4 rings (SSSR count). The highest BCUT2D eigenvalue weighted by molar-refractivity contribution is 6.30. The number of aromatic amines is 1. The van der Waals surface area contributed by atoms with E-state index in [1.165, 1.54) is 0 Å². The van der Waals surface area contributed by atoms with Crippen LogP contribution >= 0.6 is 11.6 Å². The highest BCUT2D eigenvalue weighted by Crippen LogP contribution is 2.45. The van der Waals surface area contributed by atoms with E-state index in [4.69, 9.17) is 26.8 Å². The van der Waals surface area contributed by atoms with Crippen LogP contribution in [0.5, 0.6) is 11.6 Å². The van der Waals surface area contributed by atoms with Crippen LogP contribution in [0.2, 0.25) is 5.02 Å². The predicted octanol–water partition coefficient (Wildman–Crippen LogP) is 3.96. The number of methoxy groups -OCH3 is 1. The smallest absolute Gasteiger partial charge is 0.244 e. The van der Waals surface area contributed by atoms with Gasteiger partial charge in [-0.2, -0.15) is 5.26 Å². The van der Waals surface area contributed by atoms with E-state index >= 15 is 0 Å². The molecular weight excluding hydrogens is 364 g/mol. The topological polar surface area (TPSA) is 97.0 Å². The first kappa shape index (κ1) is 17.0. The number of nitrogens with one attached hydrogen (secondary N) is 1. The third-order valence-electron chi connectivity index (χ3n) is 4.52. The number of H-pyrrole nitrogens is 1. The van der Waals surface area contributed by atoms with Crippen LogP contribution in [0.1, 0.15) is 17.0 Å². The average Bonchev–Trinajstić information content (AvgIpc) is 3.11. The molecule has 0 fully saturated rings. The maximum atomic E-state index is 9.70. The van der Waals surface area contributed by atoms with Gasteiger partial charge in [-0.05, 0) is 42.0 Å². The molecule has 27 heavy (non-hydrogen) atoms. The first-order chi connectivity index (χ1) is 13.1. The average molecular weight is 379 g/mol. The third kappa shape index (κ3) is 2.88. The summed E-state index contributed by atoms with van der Waals surface area (Å²) >= 11 is 6.03. The first-order valence-electron chi connectivity index (χ1n) is 8.18. The van der Waals surface area contributed by atoms with E-state index in [9.17, 15) is 5.26 Å². The number of allylic oxidation sites excluding steroid dienone is 1. The van der Waals surface area contributed by atoms with Crippen LogP contribution in [-0.4, -0.2) is 17.3 Å². The van der Waals surface area contributed by atoms with E-state index in [0.29, 0.717) is 16.5 Å². The lowest BCUT2D eigenvalue weighted by Gasteiger charge is -2.24. The Morgan fingerprint density at radius 2 is 1.89 bits per heavy atom. The quantitative estimate of drug-likeness (QED) is 0.719. The van der Waals surface area contributed by atoms with Gasteiger partial charge in [0, 0.05) is 10.6 Å². The zero-order chi connectivity index (χ0) is 19.0. The monoisotopic (exact) mass is 378 g/mol. The molecule has 3 aromatic rings. The van der Waals surface area contributed by atoms with Gasteiger partial charge < -0.3 is 15.2 Å². The number of ether oxygens (including phenoxy) is 2. The summed E-state index contributed by atoms with van der Waals surface area (Å²) in [6.45, 7) is 0. The highest BCUT2D eigenvalue weighted by atomic mass is 35.5. The van der Waals surface area contributed by atoms with Crippen molar-refractivity contribution < 1.29 is 9.47 Å². The first-order valence-corrected chi connectivity index (χ1v) is 8.56. The summed E-state index contributed by atoms with van der Waals surface area (Å²) in [6, 6.07) is 17.0. The van der Waals surface area contributed by atoms with Crippen LogP contribution in [0.3, 0.4) is 0 Å². The summed E-state index contributed by atoms with van der Waals surface area (Å²) in [7, 11) is 1.62. The van der Waals surface area contributed by atoms with Gasteiger partial charge in [0.05, 0.1) is 24.3 Å². The Bertz CT molecular complexity index is 1060. The van der Waals surface area contributed by atoms with Gasteiger partial charge in [0.25, 0.3) is 0 Å². The summed E-state index contributed by atoms with van der Waals surface area (Å²) in [6.07, 6.45) is 0. The SMILES string of the molecule is COc1ccc(-c2[nH]nc3c2C(c2ccc(Cl)cc2)C(C#N)=C(N)O3)cc1. The number of rotatable bonds is 3. The standard InChI is InChI=1S/C20H15ClN4O2/c1-26-14-8-4-12(5-9-14)18-17-16(11-2-6-13(21)7-3-11)15(10-22)19(23)27-20(17)25-24-18/h2-9,16H,23H2,1H3,(H,24,25). The maximum absolute atomic E-state index is 9.70. The number of nitrogens with two attached hydrogens (primary N) is 1. The van der Waals surface area contributed by atoms with Crippen molar-refractivity contribution in [2.45, 2.75) is 5.92 Å². The second-order valence-corrected chi connectivity index (χ2v) is 6.46. The molecule has 2 aromatic carbocycles. The maximum Gasteiger partial charge on any atom is 0.244 e. The number of nitrogens with zero attached hydrogens (tertiary/aromatic N) is 2. The van der Waals surface area contributed by atoms with Gasteiger partial charge >= 0.3 is 0 Å². The fourth-order valence-electron chi connectivity index (χ4n) is 3.21. The number of hydrogen-bond donors (Lipinski definition) is 2. The normalized spacial score (nSPS) is 15.7. The summed E-state index contributed by atoms with van der Waals surface area (Å²) < 4.78 is 10.8. The predicted molar refractivity (Wildman–Crippen MR) is 101 cm³/mol. The van der Waals surface area contributed by atoms with E-state index in [2.05, 4.69) is 16.3 Å². The molecule has 0 saturated heterocycles. The molecule has 0 bridgehead atoms. The molecule has 7 heteroatoms. The number of halogens is 1. The van der Waals surface area contributed by atoms with Crippen LogP contribution in [0, 0.1) is 11.3 Å². The zero-order valence-electron chi connectivity index (χ0n) is 14.4. The van der Waals surface area contributed by atoms with Crippen molar-refractivity contribution in [1.82, 2.24) is 10.2 Å². The summed E-state index contributed by atoms with van der Waals surface area (Å²) in [5, 5.41) is 17.6. The van der Waals surface area contributed by atoms with E-state index in [0.717, 1.165) is 28.1 Å². The molecule has 0 spiro atoms. The molecule has 1 aliphatic rings. The van der Waals surface area contributed by atoms with Crippen molar-refractivity contribution in [1.29, 1.82) is 5.26 Å². The van der Waals surface area contributed by atoms with Crippen molar-refractivity contribution in [2.75, 3.05) is 7.11 Å². The molecule has 1 unspecified atom stereocenters. The molecule has 134 valence electrons. The number of benzene rings is 2. The summed E-state index contributed by atoms with van der Waals surface area (Å²) in [5.41, 5.74) is 9.60. The van der Waals surface area contributed by atoms with Crippen LogP contribution < -0.4 is 15.2 Å². The molecule has 2 heterocycles. The van der Waals surface area contributed by atoms with Gasteiger partial charge in [-0.15, -0.1) is 5.10 Å². The second kappa shape index (κ2) is 6.71. The molecule has 3 N–H and O–H groups in total. The van der Waals surface area contributed by atoms with Gasteiger partial charge in [-0.25, -0.2) is 0 Å². The number of hydrogen-bond acceptors (Lipinski definition) is 5. The number of fused-ring (bicyclic) bond motifs is 1. The number of aromatic nitrogens is 2. The van der Waals surface area contributed by atoms with E-state index in [-0.39, 0.29) is 5.88 Å². The minimum Gasteiger partial charge on any atom is -0.497 e. The van der Waals surface area contributed by atoms with Gasteiger partial charge in [0.2, 0.25) is 11.8 Å². The van der Waals surface area contributed by atoms with Crippen LogP contribution in [-0.2, 0) is 0 Å². The lowest BCUT2D eigenvalue weighted by molar-refractivity contribution is 0.379. The van der Waals surface area contributed by atoms with Crippen LogP contribution in [0.25, 0.3) is 11.3 Å². The molecule has 1 atom stereocenters. The minimum absolute atomic E-state index is 0.0535. The van der Waals surface area contributed by atoms with E-state index in [1.54, 1.807) is 19.2 Å². The molecule has 0 radical (unpaired) electrons. The van der Waals surface area contributed by atoms with Crippen LogP contribution in [0.15, 0.2) is 60.0 Å². The van der Waals surface area contributed by atoms with E-state index in [1.807, 2.05) is 36.4 Å². The van der Waals surface area contributed by atoms with Gasteiger partial charge in [0.15, 0.2) is 0 Å². The molecule has 0 aliphatic carbocycles. The minimum atomic E-state index is -0.410. The van der Waals surface area contributed by atoms with Gasteiger partial charge in [0.1, 0.15) is 17.4 Å². The molecule has 0 amide bonds. The molecule has 1 aromatic heterocycles. The molecular formula is C20H15ClN4O2. The Balaban J connectivity index is 1.90. The number of nitriles is 1. The lowest BCUT2D eigenvalue weighted by Crippen LogP contribution is -2.20. The van der Waals surface area contributed by atoms with Crippen molar-refractivity contribution >= 4 is 11.6 Å². The van der Waals surface area contributed by atoms with Crippen molar-refractivity contribution in [3.63, 3.8) is 0 Å². The third-order valence-corrected chi connectivity index (χ3v) is 4.77. The van der Waals surface area contributed by atoms with Crippen molar-refractivity contribution in [3.05, 3.63) is 76.1 Å². The Hall–Kier alpha value is -3.43. The summed E-state index contributed by atoms with van der Waals surface area (Å²) in [4.78, 5) is 0. The van der Waals surface area contributed by atoms with Crippen molar-refractivity contribution in [3.8, 4) is 29.0 Å². The fraction of sp³-hybridized carbons (Fsp3) is 0.100. The largest absolute Gasteiger partial charge is 0.497 e. The fourth-order valence-corrected chi connectivity index (χ4v) is 3.34.